The second-order valence-electron chi connectivity index (χ2n) is 5.42. The predicted octanol–water partition coefficient (Wildman–Crippen LogP) is 3.22. The van der Waals surface area contributed by atoms with E-state index in [2.05, 4.69) is 26.0 Å². The minimum absolute atomic E-state index is 0.144. The number of nitrogens with zero attached hydrogens (tertiary/aromatic N) is 3. The van der Waals surface area contributed by atoms with Crippen molar-refractivity contribution in [3.8, 4) is 5.75 Å². The van der Waals surface area contributed by atoms with Gasteiger partial charge >= 0.3 is 0 Å². The van der Waals surface area contributed by atoms with Crippen LogP contribution in [0.15, 0.2) is 39.2 Å². The van der Waals surface area contributed by atoms with Gasteiger partial charge in [-0.05, 0) is 26.0 Å². The molecule has 0 atom stereocenters. The fourth-order valence-corrected chi connectivity index (χ4v) is 3.67. The Morgan fingerprint density at radius 1 is 1.25 bits per heavy atom. The van der Waals surface area contributed by atoms with E-state index in [9.17, 15) is 9.59 Å². The highest BCUT2D eigenvalue weighted by Gasteiger charge is 2.15. The highest BCUT2D eigenvalue weighted by molar-refractivity contribution is 8.01. The minimum Gasteiger partial charge on any atom is -0.492 e. The highest BCUT2D eigenvalue weighted by atomic mass is 32.2. The summed E-state index contributed by atoms with van der Waals surface area (Å²) in [5, 5.41) is 17.2. The van der Waals surface area contributed by atoms with Crippen molar-refractivity contribution >= 4 is 45.7 Å². The summed E-state index contributed by atoms with van der Waals surface area (Å²) in [6, 6.07) is 8.75. The Balaban J connectivity index is 1.51. The van der Waals surface area contributed by atoms with Crippen LogP contribution in [0.4, 0.5) is 10.8 Å². The van der Waals surface area contributed by atoms with Gasteiger partial charge in [0.15, 0.2) is 10.0 Å². The SMILES string of the molecule is CCOc1ccccc1NC(=O)CSc1nnc(NC(=O)c2cc(C)on2)s1. The molecule has 1 aromatic carbocycles. The zero-order valence-corrected chi connectivity index (χ0v) is 16.7. The van der Waals surface area contributed by atoms with Crippen LogP contribution in [-0.2, 0) is 4.79 Å². The Bertz CT molecular complexity index is 972. The van der Waals surface area contributed by atoms with E-state index >= 15 is 0 Å². The van der Waals surface area contributed by atoms with Crippen LogP contribution in [0.5, 0.6) is 5.75 Å². The number of ether oxygens (including phenoxy) is 1. The molecule has 9 nitrogen and oxygen atoms in total. The Kier molecular flexibility index (Phi) is 6.61. The summed E-state index contributed by atoms with van der Waals surface area (Å²) in [6.07, 6.45) is 0. The van der Waals surface area contributed by atoms with Crippen molar-refractivity contribution in [1.29, 1.82) is 0 Å². The van der Waals surface area contributed by atoms with Crippen LogP contribution in [-0.4, -0.2) is 39.5 Å². The van der Waals surface area contributed by atoms with Gasteiger partial charge in [-0.2, -0.15) is 0 Å². The van der Waals surface area contributed by atoms with Gasteiger partial charge in [0.05, 0.1) is 18.0 Å². The first-order chi connectivity index (χ1) is 13.5. The summed E-state index contributed by atoms with van der Waals surface area (Å²) in [7, 11) is 0. The molecule has 28 heavy (non-hydrogen) atoms. The van der Waals surface area contributed by atoms with Gasteiger partial charge in [0.1, 0.15) is 11.5 Å². The minimum atomic E-state index is -0.435. The summed E-state index contributed by atoms with van der Waals surface area (Å²) in [4.78, 5) is 24.2. The van der Waals surface area contributed by atoms with E-state index < -0.39 is 5.91 Å². The van der Waals surface area contributed by atoms with E-state index in [0.29, 0.717) is 33.3 Å². The molecule has 0 saturated heterocycles. The number of anilines is 2. The molecule has 3 rings (SSSR count). The Morgan fingerprint density at radius 3 is 2.82 bits per heavy atom. The Morgan fingerprint density at radius 2 is 2.07 bits per heavy atom. The fraction of sp³-hybridized carbons (Fsp3) is 0.235. The van der Waals surface area contributed by atoms with E-state index in [1.54, 1.807) is 19.1 Å². The number of benzene rings is 1. The van der Waals surface area contributed by atoms with Crippen LogP contribution in [0.25, 0.3) is 0 Å². The molecule has 2 N–H and O–H groups in total. The number of hydrogen-bond donors (Lipinski definition) is 2. The largest absolute Gasteiger partial charge is 0.492 e. The second kappa shape index (κ2) is 9.33. The molecule has 0 aliphatic rings. The van der Waals surface area contributed by atoms with E-state index in [-0.39, 0.29) is 17.4 Å². The molecule has 2 heterocycles. The maximum Gasteiger partial charge on any atom is 0.279 e. The average molecular weight is 419 g/mol. The number of carbonyl (C=O) groups excluding carboxylic acids is 2. The molecule has 0 aliphatic heterocycles. The molecule has 2 amide bonds. The van der Waals surface area contributed by atoms with Gasteiger partial charge in [0.2, 0.25) is 11.0 Å². The average Bonchev–Trinajstić information content (AvgIpc) is 3.31. The molecular weight excluding hydrogens is 402 g/mol. The zero-order valence-electron chi connectivity index (χ0n) is 15.1. The highest BCUT2D eigenvalue weighted by Crippen LogP contribution is 2.27. The van der Waals surface area contributed by atoms with Crippen molar-refractivity contribution in [1.82, 2.24) is 15.4 Å². The Labute approximate surface area is 168 Å². The fourth-order valence-electron chi connectivity index (χ4n) is 2.12. The molecule has 146 valence electrons. The van der Waals surface area contributed by atoms with Gasteiger partial charge in [-0.25, -0.2) is 0 Å². The van der Waals surface area contributed by atoms with Crippen LogP contribution in [0.1, 0.15) is 23.2 Å². The molecule has 0 bridgehead atoms. The van der Waals surface area contributed by atoms with Gasteiger partial charge in [-0.15, -0.1) is 10.2 Å². The molecule has 0 spiro atoms. The summed E-state index contributed by atoms with van der Waals surface area (Å²) in [5.41, 5.74) is 0.775. The van der Waals surface area contributed by atoms with Gasteiger partial charge < -0.3 is 14.6 Å². The van der Waals surface area contributed by atoms with Crippen LogP contribution in [0.3, 0.4) is 0 Å². The number of nitrogens with one attached hydrogen (secondary N) is 2. The number of para-hydroxylation sites is 2. The van der Waals surface area contributed by atoms with Gasteiger partial charge in [0, 0.05) is 6.07 Å². The molecule has 2 aromatic heterocycles. The number of amides is 2. The number of thioether (sulfide) groups is 1. The maximum absolute atomic E-state index is 12.2. The van der Waals surface area contributed by atoms with E-state index in [4.69, 9.17) is 9.26 Å². The molecule has 0 unspecified atom stereocenters. The van der Waals surface area contributed by atoms with E-state index in [1.165, 1.54) is 29.2 Å². The van der Waals surface area contributed by atoms with Crippen molar-refractivity contribution in [2.45, 2.75) is 18.2 Å². The molecule has 11 heteroatoms. The molecule has 0 saturated carbocycles. The molecule has 0 fully saturated rings. The smallest absolute Gasteiger partial charge is 0.279 e. The first-order valence-corrected chi connectivity index (χ1v) is 10.1. The van der Waals surface area contributed by atoms with Gasteiger partial charge in [-0.3, -0.25) is 14.9 Å². The number of carbonyl (C=O) groups is 2. The molecular formula is C17H17N5O4S2. The van der Waals surface area contributed by atoms with Crippen molar-refractivity contribution in [2.24, 2.45) is 0 Å². The first kappa shape index (κ1) is 19.8. The van der Waals surface area contributed by atoms with Gasteiger partial charge in [-0.1, -0.05) is 40.4 Å². The van der Waals surface area contributed by atoms with Crippen molar-refractivity contribution in [3.05, 3.63) is 41.8 Å². The lowest BCUT2D eigenvalue weighted by molar-refractivity contribution is -0.113. The normalized spacial score (nSPS) is 10.5. The Hall–Kier alpha value is -2.92. The lowest BCUT2D eigenvalue weighted by atomic mass is 10.3. The number of rotatable bonds is 8. The molecule has 0 aliphatic carbocycles. The first-order valence-electron chi connectivity index (χ1n) is 8.27. The lowest BCUT2D eigenvalue weighted by Gasteiger charge is -2.10. The zero-order chi connectivity index (χ0) is 19.9. The quantitative estimate of drug-likeness (QED) is 0.422. The van der Waals surface area contributed by atoms with Crippen LogP contribution in [0, 0.1) is 6.92 Å². The van der Waals surface area contributed by atoms with Gasteiger partial charge in [0.25, 0.3) is 5.91 Å². The summed E-state index contributed by atoms with van der Waals surface area (Å²) >= 11 is 2.39. The van der Waals surface area contributed by atoms with Crippen LogP contribution in [0.2, 0.25) is 0 Å². The van der Waals surface area contributed by atoms with E-state index in [1.807, 2.05) is 19.1 Å². The standard InChI is InChI=1S/C17H17N5O4S2/c1-3-25-13-7-5-4-6-11(13)18-14(23)9-27-17-21-20-16(28-17)19-15(24)12-8-10(2)26-22-12/h4-8H,3,9H2,1-2H3,(H,18,23)(H,19,20,24). The third-order valence-corrected chi connectivity index (χ3v) is 5.25. The van der Waals surface area contributed by atoms with E-state index in [0.717, 1.165) is 0 Å². The lowest BCUT2D eigenvalue weighted by Crippen LogP contribution is -2.14. The van der Waals surface area contributed by atoms with Crippen molar-refractivity contribution in [2.75, 3.05) is 23.0 Å². The maximum atomic E-state index is 12.2. The number of aryl methyl sites for hydroxylation is 1. The molecule has 0 radical (unpaired) electrons. The third-order valence-electron chi connectivity index (χ3n) is 3.28. The second-order valence-corrected chi connectivity index (χ2v) is 7.62. The predicted molar refractivity (Wildman–Crippen MR) is 106 cm³/mol. The monoisotopic (exact) mass is 419 g/mol. The van der Waals surface area contributed by atoms with Crippen molar-refractivity contribution in [3.63, 3.8) is 0 Å². The topological polar surface area (TPSA) is 119 Å². The summed E-state index contributed by atoms with van der Waals surface area (Å²) in [5.74, 6) is 0.666. The molecule has 3 aromatic rings. The number of hydrogen-bond acceptors (Lipinski definition) is 9. The van der Waals surface area contributed by atoms with Crippen LogP contribution < -0.4 is 15.4 Å². The number of aromatic nitrogens is 3. The van der Waals surface area contributed by atoms with Crippen molar-refractivity contribution < 1.29 is 18.8 Å². The summed E-state index contributed by atoms with van der Waals surface area (Å²) < 4.78 is 10.9. The summed E-state index contributed by atoms with van der Waals surface area (Å²) in [6.45, 7) is 4.08. The van der Waals surface area contributed by atoms with Crippen LogP contribution >= 0.6 is 23.1 Å². The third kappa shape index (κ3) is 5.30.